The predicted molar refractivity (Wildman–Crippen MR) is 102 cm³/mol. The van der Waals surface area contributed by atoms with Gasteiger partial charge in [-0.05, 0) is 26.7 Å². The van der Waals surface area contributed by atoms with Gasteiger partial charge in [-0.2, -0.15) is 4.98 Å². The lowest BCUT2D eigenvalue weighted by molar-refractivity contribution is -0.133. The summed E-state index contributed by atoms with van der Waals surface area (Å²) in [5, 5.41) is 0. The van der Waals surface area contributed by atoms with Crippen LogP contribution in [-0.4, -0.2) is 45.8 Å². The zero-order valence-electron chi connectivity index (χ0n) is 15.9. The molecule has 6 nitrogen and oxygen atoms in total. The second kappa shape index (κ2) is 8.75. The highest BCUT2D eigenvalue weighted by atomic mass is 16.5. The van der Waals surface area contributed by atoms with E-state index in [0.29, 0.717) is 30.4 Å². The van der Waals surface area contributed by atoms with Gasteiger partial charge in [0.25, 0.3) is 0 Å². The van der Waals surface area contributed by atoms with Crippen molar-refractivity contribution in [2.45, 2.75) is 45.6 Å². The molecule has 0 spiro atoms. The third-order valence-corrected chi connectivity index (χ3v) is 4.62. The largest absolute Gasteiger partial charge is 0.472 e. The monoisotopic (exact) mass is 367 g/mol. The smallest absolute Gasteiger partial charge is 0.223 e. The van der Waals surface area contributed by atoms with Crippen molar-refractivity contribution in [2.75, 3.05) is 13.1 Å². The fourth-order valence-electron chi connectivity index (χ4n) is 3.32. The summed E-state index contributed by atoms with van der Waals surface area (Å²) in [5.41, 5.74) is 1.51. The highest BCUT2D eigenvalue weighted by Crippen LogP contribution is 2.19. The van der Waals surface area contributed by atoms with Gasteiger partial charge in [0.15, 0.2) is 5.78 Å². The minimum atomic E-state index is -0.0822. The van der Waals surface area contributed by atoms with Crippen LogP contribution in [-0.2, 0) is 4.79 Å². The molecule has 0 saturated carbocycles. The molecule has 1 aliphatic rings. The Morgan fingerprint density at radius 2 is 1.93 bits per heavy atom. The number of nitrogens with zero attached hydrogens (tertiary/aromatic N) is 3. The SMILES string of the molecule is Cc1cc(O[C@H]2CCCN(C(=O)CCC(=O)c3ccccc3)C2)nc(C)n1. The lowest BCUT2D eigenvalue weighted by Gasteiger charge is -2.32. The van der Waals surface area contributed by atoms with Gasteiger partial charge in [0.2, 0.25) is 11.8 Å². The number of ketones is 1. The first kappa shape index (κ1) is 19.0. The molecule has 0 aliphatic carbocycles. The van der Waals surface area contributed by atoms with E-state index in [-0.39, 0.29) is 30.6 Å². The molecule has 142 valence electrons. The van der Waals surface area contributed by atoms with Crippen molar-refractivity contribution in [2.24, 2.45) is 0 Å². The first-order chi connectivity index (χ1) is 13.0. The van der Waals surface area contributed by atoms with Crippen LogP contribution in [0.25, 0.3) is 0 Å². The van der Waals surface area contributed by atoms with Crippen molar-refractivity contribution in [1.82, 2.24) is 14.9 Å². The normalized spacial score (nSPS) is 16.8. The Labute approximate surface area is 159 Å². The van der Waals surface area contributed by atoms with Crippen LogP contribution in [0.5, 0.6) is 5.88 Å². The molecule has 1 saturated heterocycles. The van der Waals surface area contributed by atoms with Crippen molar-refractivity contribution in [3.8, 4) is 5.88 Å². The van der Waals surface area contributed by atoms with E-state index in [4.69, 9.17) is 4.74 Å². The first-order valence-corrected chi connectivity index (χ1v) is 9.36. The van der Waals surface area contributed by atoms with Gasteiger partial charge in [0.05, 0.1) is 6.54 Å². The number of benzene rings is 1. The van der Waals surface area contributed by atoms with E-state index in [0.717, 1.165) is 18.5 Å². The number of hydrogen-bond acceptors (Lipinski definition) is 5. The van der Waals surface area contributed by atoms with E-state index in [1.165, 1.54) is 0 Å². The molecule has 1 aromatic carbocycles. The summed E-state index contributed by atoms with van der Waals surface area (Å²) in [5.74, 6) is 1.23. The van der Waals surface area contributed by atoms with Crippen molar-refractivity contribution < 1.29 is 14.3 Å². The zero-order chi connectivity index (χ0) is 19.2. The minimum absolute atomic E-state index is 0.000644. The van der Waals surface area contributed by atoms with E-state index < -0.39 is 0 Å². The Morgan fingerprint density at radius 3 is 2.67 bits per heavy atom. The van der Waals surface area contributed by atoms with Crippen LogP contribution in [0.15, 0.2) is 36.4 Å². The molecule has 1 amide bonds. The van der Waals surface area contributed by atoms with Crippen molar-refractivity contribution >= 4 is 11.7 Å². The molecule has 3 rings (SSSR count). The summed E-state index contributed by atoms with van der Waals surface area (Å²) < 4.78 is 5.98. The van der Waals surface area contributed by atoms with Crippen LogP contribution in [0.1, 0.15) is 47.6 Å². The average Bonchev–Trinajstić information content (AvgIpc) is 2.66. The number of aromatic nitrogens is 2. The second-order valence-corrected chi connectivity index (χ2v) is 6.91. The molecule has 1 aliphatic heterocycles. The second-order valence-electron chi connectivity index (χ2n) is 6.91. The Bertz CT molecular complexity index is 787. The van der Waals surface area contributed by atoms with E-state index in [9.17, 15) is 9.59 Å². The van der Waals surface area contributed by atoms with Gasteiger partial charge in [0.1, 0.15) is 11.9 Å². The maximum atomic E-state index is 12.5. The van der Waals surface area contributed by atoms with Crippen LogP contribution < -0.4 is 4.74 Å². The number of aryl methyl sites for hydroxylation is 2. The van der Waals surface area contributed by atoms with Gasteiger partial charge in [-0.3, -0.25) is 9.59 Å². The van der Waals surface area contributed by atoms with Crippen molar-refractivity contribution in [1.29, 1.82) is 0 Å². The number of piperidine rings is 1. The molecular formula is C21H25N3O3. The van der Waals surface area contributed by atoms with Crippen LogP contribution in [0.4, 0.5) is 0 Å². The molecule has 1 fully saturated rings. The van der Waals surface area contributed by atoms with E-state index in [2.05, 4.69) is 9.97 Å². The molecule has 0 unspecified atom stereocenters. The number of ether oxygens (including phenoxy) is 1. The molecule has 0 radical (unpaired) electrons. The minimum Gasteiger partial charge on any atom is -0.472 e. The van der Waals surface area contributed by atoms with Gasteiger partial charge < -0.3 is 9.64 Å². The third kappa shape index (κ3) is 5.36. The summed E-state index contributed by atoms with van der Waals surface area (Å²) in [7, 11) is 0. The molecular weight excluding hydrogens is 342 g/mol. The summed E-state index contributed by atoms with van der Waals surface area (Å²) in [6.45, 7) is 4.98. The lowest BCUT2D eigenvalue weighted by atomic mass is 10.0. The number of Topliss-reactive ketones (excluding diaryl/α,β-unsaturated/α-hetero) is 1. The number of amides is 1. The zero-order valence-corrected chi connectivity index (χ0v) is 15.9. The number of rotatable bonds is 6. The van der Waals surface area contributed by atoms with E-state index in [1.54, 1.807) is 17.0 Å². The van der Waals surface area contributed by atoms with Gasteiger partial charge in [-0.25, -0.2) is 4.98 Å². The fourth-order valence-corrected chi connectivity index (χ4v) is 3.32. The molecule has 2 heterocycles. The Kier molecular flexibility index (Phi) is 6.16. The number of carbonyl (C=O) groups excluding carboxylic acids is 2. The molecule has 0 bridgehead atoms. The summed E-state index contributed by atoms with van der Waals surface area (Å²) >= 11 is 0. The topological polar surface area (TPSA) is 72.4 Å². The summed E-state index contributed by atoms with van der Waals surface area (Å²) in [6, 6.07) is 10.9. The molecule has 2 aromatic rings. The number of likely N-dealkylation sites (tertiary alicyclic amines) is 1. The van der Waals surface area contributed by atoms with Gasteiger partial charge in [-0.1, -0.05) is 30.3 Å². The Morgan fingerprint density at radius 1 is 1.15 bits per heavy atom. The fraction of sp³-hybridized carbons (Fsp3) is 0.429. The Balaban J connectivity index is 1.52. The Hall–Kier alpha value is -2.76. The highest BCUT2D eigenvalue weighted by molar-refractivity contribution is 5.97. The van der Waals surface area contributed by atoms with Crippen molar-refractivity contribution in [3.05, 3.63) is 53.5 Å². The average molecular weight is 367 g/mol. The van der Waals surface area contributed by atoms with Crippen LogP contribution in [0.2, 0.25) is 0 Å². The van der Waals surface area contributed by atoms with Gasteiger partial charge in [-0.15, -0.1) is 0 Å². The van der Waals surface area contributed by atoms with E-state index in [1.807, 2.05) is 38.1 Å². The maximum absolute atomic E-state index is 12.5. The van der Waals surface area contributed by atoms with Gasteiger partial charge in [0, 0.05) is 36.7 Å². The van der Waals surface area contributed by atoms with E-state index >= 15 is 0 Å². The summed E-state index contributed by atoms with van der Waals surface area (Å²) in [6.07, 6.45) is 2.14. The quantitative estimate of drug-likeness (QED) is 0.734. The summed E-state index contributed by atoms with van der Waals surface area (Å²) in [4.78, 5) is 35.1. The molecule has 27 heavy (non-hydrogen) atoms. The maximum Gasteiger partial charge on any atom is 0.223 e. The van der Waals surface area contributed by atoms with Crippen LogP contribution in [0, 0.1) is 13.8 Å². The van der Waals surface area contributed by atoms with Gasteiger partial charge >= 0.3 is 0 Å². The predicted octanol–water partition coefficient (Wildman–Crippen LogP) is 3.13. The molecule has 6 heteroatoms. The molecule has 1 aromatic heterocycles. The van der Waals surface area contributed by atoms with Crippen LogP contribution >= 0.6 is 0 Å². The first-order valence-electron chi connectivity index (χ1n) is 9.36. The molecule has 0 N–H and O–H groups in total. The third-order valence-electron chi connectivity index (χ3n) is 4.62. The highest BCUT2D eigenvalue weighted by Gasteiger charge is 2.25. The van der Waals surface area contributed by atoms with Crippen LogP contribution in [0.3, 0.4) is 0 Å². The number of hydrogen-bond donors (Lipinski definition) is 0. The standard InChI is InChI=1S/C21H25N3O3/c1-15-13-20(23-16(2)22-15)27-18-9-6-12-24(14-18)21(26)11-10-19(25)17-7-4-3-5-8-17/h3-5,7-8,13,18H,6,9-12,14H2,1-2H3/t18-/m0/s1. The molecule has 1 atom stereocenters. The lowest BCUT2D eigenvalue weighted by Crippen LogP contribution is -2.44. The van der Waals surface area contributed by atoms with Crippen molar-refractivity contribution in [3.63, 3.8) is 0 Å². The number of carbonyl (C=O) groups is 2.